The van der Waals surface area contributed by atoms with Crippen LogP contribution in [0.4, 0.5) is 13.2 Å². The van der Waals surface area contributed by atoms with Gasteiger partial charge in [0.25, 0.3) is 0 Å². The number of ketones is 1. The average molecular weight is 324 g/mol. The van der Waals surface area contributed by atoms with E-state index in [0.29, 0.717) is 0 Å². The van der Waals surface area contributed by atoms with Gasteiger partial charge < -0.3 is 4.74 Å². The fraction of sp³-hybridized carbons (Fsp3) is 0.200. The van der Waals surface area contributed by atoms with Crippen molar-refractivity contribution in [3.63, 3.8) is 0 Å². The number of halogens is 3. The standard InChI is InChI=1S/C15H11F3N2O3/c1-23-14(22)12-7-6-9(19-20-12)8-13(21)10-4-2-3-5-11(10)15(16,17)18/h2-7H,8H2,1H3. The Bertz CT molecular complexity index is 727. The van der Waals surface area contributed by atoms with Gasteiger partial charge in [-0.15, -0.1) is 5.10 Å². The van der Waals surface area contributed by atoms with Crippen molar-refractivity contribution in [1.82, 2.24) is 10.2 Å². The Morgan fingerprint density at radius 1 is 1.09 bits per heavy atom. The van der Waals surface area contributed by atoms with E-state index in [1.807, 2.05) is 0 Å². The molecule has 0 bridgehead atoms. The summed E-state index contributed by atoms with van der Waals surface area (Å²) in [5, 5.41) is 7.22. The summed E-state index contributed by atoms with van der Waals surface area (Å²) >= 11 is 0. The maximum Gasteiger partial charge on any atom is 0.417 e. The highest BCUT2D eigenvalue weighted by Gasteiger charge is 2.34. The number of Topliss-reactive ketones (excluding diaryl/α,β-unsaturated/α-hetero) is 1. The van der Waals surface area contributed by atoms with Crippen LogP contribution in [0.3, 0.4) is 0 Å². The van der Waals surface area contributed by atoms with Crippen molar-refractivity contribution in [1.29, 1.82) is 0 Å². The van der Waals surface area contributed by atoms with Crippen LogP contribution in [-0.4, -0.2) is 29.1 Å². The van der Waals surface area contributed by atoms with E-state index in [2.05, 4.69) is 14.9 Å². The predicted octanol–water partition coefficient (Wildman–Crippen LogP) is 2.71. The third kappa shape index (κ3) is 3.91. The van der Waals surface area contributed by atoms with E-state index >= 15 is 0 Å². The summed E-state index contributed by atoms with van der Waals surface area (Å²) in [7, 11) is 1.18. The molecular formula is C15H11F3N2O3. The Morgan fingerprint density at radius 2 is 1.78 bits per heavy atom. The molecule has 0 aliphatic rings. The predicted molar refractivity (Wildman–Crippen MR) is 72.9 cm³/mol. The number of hydrogen-bond donors (Lipinski definition) is 0. The maximum atomic E-state index is 12.9. The van der Waals surface area contributed by atoms with Gasteiger partial charge >= 0.3 is 12.1 Å². The van der Waals surface area contributed by atoms with E-state index in [1.54, 1.807) is 0 Å². The van der Waals surface area contributed by atoms with E-state index in [9.17, 15) is 22.8 Å². The summed E-state index contributed by atoms with van der Waals surface area (Å²) in [5.41, 5.74) is -1.33. The molecule has 1 aromatic heterocycles. The highest BCUT2D eigenvalue weighted by molar-refractivity contribution is 5.98. The zero-order valence-corrected chi connectivity index (χ0v) is 11.9. The molecule has 120 valence electrons. The minimum atomic E-state index is -4.62. The Labute approximate surface area is 129 Å². The van der Waals surface area contributed by atoms with E-state index in [1.165, 1.54) is 31.4 Å². The van der Waals surface area contributed by atoms with Gasteiger partial charge in [0, 0.05) is 5.56 Å². The minimum absolute atomic E-state index is 0.0561. The van der Waals surface area contributed by atoms with Crippen molar-refractivity contribution in [2.45, 2.75) is 12.6 Å². The Hall–Kier alpha value is -2.77. The molecule has 5 nitrogen and oxygen atoms in total. The second-order valence-corrected chi connectivity index (χ2v) is 4.54. The average Bonchev–Trinajstić information content (AvgIpc) is 2.54. The highest BCUT2D eigenvalue weighted by atomic mass is 19.4. The number of carbonyl (C=O) groups excluding carboxylic acids is 2. The van der Waals surface area contributed by atoms with Crippen molar-refractivity contribution in [3.8, 4) is 0 Å². The zero-order valence-electron chi connectivity index (χ0n) is 11.9. The van der Waals surface area contributed by atoms with Crippen LogP contribution < -0.4 is 0 Å². The first-order chi connectivity index (χ1) is 10.8. The third-order valence-corrected chi connectivity index (χ3v) is 2.99. The van der Waals surface area contributed by atoms with Crippen LogP contribution in [0, 0.1) is 0 Å². The molecule has 0 spiro atoms. The quantitative estimate of drug-likeness (QED) is 0.639. The fourth-order valence-electron chi connectivity index (χ4n) is 1.90. The van der Waals surface area contributed by atoms with Crippen molar-refractivity contribution < 1.29 is 27.5 Å². The molecule has 0 N–H and O–H groups in total. The summed E-state index contributed by atoms with van der Waals surface area (Å²) in [6, 6.07) is 7.16. The Balaban J connectivity index is 2.22. The molecule has 2 rings (SSSR count). The number of aromatic nitrogens is 2. The smallest absolute Gasteiger partial charge is 0.417 e. The first kappa shape index (κ1) is 16.6. The molecule has 0 atom stereocenters. The monoisotopic (exact) mass is 324 g/mol. The lowest BCUT2D eigenvalue weighted by Crippen LogP contribution is -2.15. The van der Waals surface area contributed by atoms with Gasteiger partial charge in [-0.1, -0.05) is 18.2 Å². The number of methoxy groups -OCH3 is 1. The van der Waals surface area contributed by atoms with Gasteiger partial charge in [-0.3, -0.25) is 4.79 Å². The summed E-state index contributed by atoms with van der Waals surface area (Å²) in [6.45, 7) is 0. The molecule has 0 unspecified atom stereocenters. The van der Waals surface area contributed by atoms with E-state index < -0.39 is 29.1 Å². The first-order valence-electron chi connectivity index (χ1n) is 6.43. The largest absolute Gasteiger partial charge is 0.464 e. The molecule has 1 heterocycles. The van der Waals surface area contributed by atoms with Crippen LogP contribution >= 0.6 is 0 Å². The van der Waals surface area contributed by atoms with Crippen LogP contribution in [0.1, 0.15) is 32.1 Å². The normalized spacial score (nSPS) is 11.1. The number of rotatable bonds is 4. The van der Waals surface area contributed by atoms with Crippen molar-refractivity contribution >= 4 is 11.8 Å². The molecular weight excluding hydrogens is 313 g/mol. The molecule has 0 aliphatic carbocycles. The Kier molecular flexibility index (Phi) is 4.73. The maximum absolute atomic E-state index is 12.9. The van der Waals surface area contributed by atoms with Gasteiger partial charge in [-0.05, 0) is 18.2 Å². The lowest BCUT2D eigenvalue weighted by Gasteiger charge is -2.11. The second kappa shape index (κ2) is 6.55. The van der Waals surface area contributed by atoms with Crippen LogP contribution in [0.2, 0.25) is 0 Å². The van der Waals surface area contributed by atoms with Gasteiger partial charge in [0.1, 0.15) is 0 Å². The molecule has 0 amide bonds. The number of hydrogen-bond acceptors (Lipinski definition) is 5. The molecule has 23 heavy (non-hydrogen) atoms. The van der Waals surface area contributed by atoms with Crippen molar-refractivity contribution in [2.24, 2.45) is 0 Å². The molecule has 0 aliphatic heterocycles. The summed E-state index contributed by atoms with van der Waals surface area (Å²) < 4.78 is 43.1. The van der Waals surface area contributed by atoms with Crippen LogP contribution in [0.5, 0.6) is 0 Å². The molecule has 0 saturated carbocycles. The number of nitrogens with zero attached hydrogens (tertiary/aromatic N) is 2. The lowest BCUT2D eigenvalue weighted by atomic mass is 10.00. The number of benzene rings is 1. The molecule has 8 heteroatoms. The fourth-order valence-corrected chi connectivity index (χ4v) is 1.90. The van der Waals surface area contributed by atoms with Crippen molar-refractivity contribution in [3.05, 3.63) is 58.9 Å². The lowest BCUT2D eigenvalue weighted by molar-refractivity contribution is -0.137. The van der Waals surface area contributed by atoms with Gasteiger partial charge in [0.05, 0.1) is 24.8 Å². The molecule has 2 aromatic rings. The SMILES string of the molecule is COC(=O)c1ccc(CC(=O)c2ccccc2C(F)(F)F)nn1. The number of carbonyl (C=O) groups is 2. The minimum Gasteiger partial charge on any atom is -0.464 e. The Morgan fingerprint density at radius 3 is 2.35 bits per heavy atom. The first-order valence-corrected chi connectivity index (χ1v) is 6.43. The second-order valence-electron chi connectivity index (χ2n) is 4.54. The molecule has 1 aromatic carbocycles. The van der Waals surface area contributed by atoms with Gasteiger partial charge in [0.15, 0.2) is 11.5 Å². The zero-order chi connectivity index (χ0) is 17.0. The number of ether oxygens (including phenoxy) is 1. The van der Waals surface area contributed by atoms with E-state index in [0.717, 1.165) is 12.1 Å². The molecule has 0 fully saturated rings. The van der Waals surface area contributed by atoms with E-state index in [4.69, 9.17) is 0 Å². The van der Waals surface area contributed by atoms with Gasteiger partial charge in [0.2, 0.25) is 0 Å². The highest BCUT2D eigenvalue weighted by Crippen LogP contribution is 2.32. The third-order valence-electron chi connectivity index (χ3n) is 2.99. The molecule has 0 radical (unpaired) electrons. The van der Waals surface area contributed by atoms with Crippen molar-refractivity contribution in [2.75, 3.05) is 7.11 Å². The summed E-state index contributed by atoms with van der Waals surface area (Å²) in [4.78, 5) is 23.3. The number of esters is 1. The molecule has 0 saturated heterocycles. The van der Waals surface area contributed by atoms with Gasteiger partial charge in [-0.25, -0.2) is 4.79 Å². The summed E-state index contributed by atoms with van der Waals surface area (Å²) in [6.07, 6.45) is -4.98. The van der Waals surface area contributed by atoms with E-state index in [-0.39, 0.29) is 17.8 Å². The topological polar surface area (TPSA) is 69.2 Å². The van der Waals surface area contributed by atoms with Gasteiger partial charge in [-0.2, -0.15) is 18.3 Å². The van der Waals surface area contributed by atoms with Crippen LogP contribution in [-0.2, 0) is 17.3 Å². The number of alkyl halides is 3. The summed E-state index contributed by atoms with van der Waals surface area (Å²) in [5.74, 6) is -1.43. The van der Waals surface area contributed by atoms with Crippen LogP contribution in [0.15, 0.2) is 36.4 Å². The van der Waals surface area contributed by atoms with Crippen LogP contribution in [0.25, 0.3) is 0 Å².